The van der Waals surface area contributed by atoms with Crippen molar-refractivity contribution in [1.29, 1.82) is 0 Å². The zero-order chi connectivity index (χ0) is 9.10. The van der Waals surface area contributed by atoms with Gasteiger partial charge in [-0.2, -0.15) is 0 Å². The molecule has 0 saturated carbocycles. The molecule has 2 rings (SSSR count). The molecule has 0 radical (unpaired) electrons. The van der Waals surface area contributed by atoms with Crippen LogP contribution in [0.3, 0.4) is 0 Å². The summed E-state index contributed by atoms with van der Waals surface area (Å²) in [6, 6.07) is 1.73. The summed E-state index contributed by atoms with van der Waals surface area (Å²) in [5, 5.41) is 3.23. The van der Waals surface area contributed by atoms with Gasteiger partial charge in [0, 0.05) is 12.5 Å². The summed E-state index contributed by atoms with van der Waals surface area (Å²) in [6.07, 6.45) is 5.16. The zero-order valence-electron chi connectivity index (χ0n) is 7.45. The third kappa shape index (κ3) is 1.80. The molecular weight excluding hydrogens is 166 g/mol. The number of ketones is 1. The standard InChI is InChI=1S/C10H13NO2/c12-10(9-3-5-13-7-9)8-2-1-4-11-6-8/h3,5,7-8,11H,1-2,4,6H2. The molecule has 2 heterocycles. The van der Waals surface area contributed by atoms with Gasteiger partial charge in [-0.3, -0.25) is 4.79 Å². The molecule has 0 amide bonds. The molecule has 1 unspecified atom stereocenters. The quantitative estimate of drug-likeness (QED) is 0.699. The van der Waals surface area contributed by atoms with Crippen molar-refractivity contribution < 1.29 is 9.21 Å². The van der Waals surface area contributed by atoms with Crippen LogP contribution >= 0.6 is 0 Å². The Morgan fingerprint density at radius 2 is 2.54 bits per heavy atom. The molecule has 1 aliphatic heterocycles. The summed E-state index contributed by atoms with van der Waals surface area (Å²) in [4.78, 5) is 11.8. The van der Waals surface area contributed by atoms with Crippen molar-refractivity contribution in [2.75, 3.05) is 13.1 Å². The van der Waals surface area contributed by atoms with Gasteiger partial charge >= 0.3 is 0 Å². The maximum atomic E-state index is 11.8. The normalized spacial score (nSPS) is 22.9. The van der Waals surface area contributed by atoms with Gasteiger partial charge in [0.25, 0.3) is 0 Å². The van der Waals surface area contributed by atoms with Gasteiger partial charge in [-0.1, -0.05) is 0 Å². The second-order valence-electron chi connectivity index (χ2n) is 3.42. The van der Waals surface area contributed by atoms with Crippen LogP contribution < -0.4 is 5.32 Å². The van der Waals surface area contributed by atoms with E-state index in [1.54, 1.807) is 12.3 Å². The monoisotopic (exact) mass is 179 g/mol. The third-order valence-electron chi connectivity index (χ3n) is 2.47. The first kappa shape index (κ1) is 8.51. The number of hydrogen-bond donors (Lipinski definition) is 1. The molecule has 0 aromatic carbocycles. The van der Waals surface area contributed by atoms with Crippen molar-refractivity contribution >= 4 is 5.78 Å². The van der Waals surface area contributed by atoms with Crippen LogP contribution in [0.2, 0.25) is 0 Å². The van der Waals surface area contributed by atoms with Crippen LogP contribution in [-0.2, 0) is 0 Å². The highest BCUT2D eigenvalue weighted by molar-refractivity contribution is 5.97. The lowest BCUT2D eigenvalue weighted by Gasteiger charge is -2.20. The van der Waals surface area contributed by atoms with E-state index >= 15 is 0 Å². The number of carbonyl (C=O) groups is 1. The van der Waals surface area contributed by atoms with Gasteiger partial charge in [0.2, 0.25) is 0 Å². The summed E-state index contributed by atoms with van der Waals surface area (Å²) in [7, 11) is 0. The molecule has 1 aliphatic rings. The average Bonchev–Trinajstić information content (AvgIpc) is 2.71. The fraction of sp³-hybridized carbons (Fsp3) is 0.500. The molecule has 3 nitrogen and oxygen atoms in total. The first-order valence-electron chi connectivity index (χ1n) is 4.65. The van der Waals surface area contributed by atoms with Crippen molar-refractivity contribution in [2.24, 2.45) is 5.92 Å². The lowest BCUT2D eigenvalue weighted by atomic mass is 9.92. The molecule has 1 aromatic heterocycles. The Hall–Kier alpha value is -1.09. The van der Waals surface area contributed by atoms with E-state index in [9.17, 15) is 4.79 Å². The van der Waals surface area contributed by atoms with Crippen molar-refractivity contribution in [3.63, 3.8) is 0 Å². The fourth-order valence-corrected chi connectivity index (χ4v) is 1.72. The minimum Gasteiger partial charge on any atom is -0.472 e. The lowest BCUT2D eigenvalue weighted by molar-refractivity contribution is 0.0899. The van der Waals surface area contributed by atoms with E-state index in [0.29, 0.717) is 5.56 Å². The van der Waals surface area contributed by atoms with E-state index < -0.39 is 0 Å². The Kier molecular flexibility index (Phi) is 2.45. The molecular formula is C10H13NO2. The SMILES string of the molecule is O=C(c1ccoc1)C1CCCNC1. The van der Waals surface area contributed by atoms with E-state index in [2.05, 4.69) is 5.32 Å². The Balaban J connectivity index is 2.04. The highest BCUT2D eigenvalue weighted by Gasteiger charge is 2.22. The highest BCUT2D eigenvalue weighted by atomic mass is 16.3. The van der Waals surface area contributed by atoms with E-state index in [0.717, 1.165) is 25.9 Å². The number of furan rings is 1. The maximum Gasteiger partial charge on any atom is 0.170 e. The van der Waals surface area contributed by atoms with E-state index in [4.69, 9.17) is 4.42 Å². The van der Waals surface area contributed by atoms with Crippen LogP contribution in [0.4, 0.5) is 0 Å². The Morgan fingerprint density at radius 3 is 3.15 bits per heavy atom. The Bertz CT molecular complexity index is 273. The van der Waals surface area contributed by atoms with Crippen molar-refractivity contribution in [3.8, 4) is 0 Å². The number of carbonyl (C=O) groups excluding carboxylic acids is 1. The van der Waals surface area contributed by atoms with Gasteiger partial charge in [0.05, 0.1) is 11.8 Å². The smallest absolute Gasteiger partial charge is 0.170 e. The number of rotatable bonds is 2. The topological polar surface area (TPSA) is 42.2 Å². The second kappa shape index (κ2) is 3.75. The predicted octanol–water partition coefficient (Wildman–Crippen LogP) is 1.46. The second-order valence-corrected chi connectivity index (χ2v) is 3.42. The van der Waals surface area contributed by atoms with E-state index in [1.807, 2.05) is 0 Å². The van der Waals surface area contributed by atoms with Crippen LogP contribution in [0.5, 0.6) is 0 Å². The first-order valence-corrected chi connectivity index (χ1v) is 4.65. The van der Waals surface area contributed by atoms with Crippen LogP contribution in [0, 0.1) is 5.92 Å². The molecule has 13 heavy (non-hydrogen) atoms. The van der Waals surface area contributed by atoms with Crippen molar-refractivity contribution in [1.82, 2.24) is 5.32 Å². The van der Waals surface area contributed by atoms with Gasteiger partial charge in [-0.15, -0.1) is 0 Å². The molecule has 0 spiro atoms. The molecule has 1 N–H and O–H groups in total. The van der Waals surface area contributed by atoms with Crippen LogP contribution in [0.1, 0.15) is 23.2 Å². The van der Waals surface area contributed by atoms with Gasteiger partial charge in [-0.05, 0) is 25.5 Å². The number of nitrogens with one attached hydrogen (secondary N) is 1. The van der Waals surface area contributed by atoms with E-state index in [1.165, 1.54) is 6.26 Å². The molecule has 0 bridgehead atoms. The maximum absolute atomic E-state index is 11.8. The third-order valence-corrected chi connectivity index (χ3v) is 2.47. The van der Waals surface area contributed by atoms with Crippen LogP contribution in [0.25, 0.3) is 0 Å². The zero-order valence-corrected chi connectivity index (χ0v) is 7.45. The minimum atomic E-state index is 0.145. The van der Waals surface area contributed by atoms with Gasteiger partial charge in [-0.25, -0.2) is 0 Å². The van der Waals surface area contributed by atoms with Crippen LogP contribution in [-0.4, -0.2) is 18.9 Å². The molecule has 1 atom stereocenters. The fourth-order valence-electron chi connectivity index (χ4n) is 1.72. The minimum absolute atomic E-state index is 0.145. The van der Waals surface area contributed by atoms with Gasteiger partial charge in [0.15, 0.2) is 5.78 Å². The summed E-state index contributed by atoms with van der Waals surface area (Å²) in [6.45, 7) is 1.85. The van der Waals surface area contributed by atoms with Crippen molar-refractivity contribution in [3.05, 3.63) is 24.2 Å². The molecule has 0 aliphatic carbocycles. The number of hydrogen-bond acceptors (Lipinski definition) is 3. The summed E-state index contributed by atoms with van der Waals surface area (Å²) in [5.74, 6) is 0.354. The Morgan fingerprint density at radius 1 is 1.62 bits per heavy atom. The summed E-state index contributed by atoms with van der Waals surface area (Å²) in [5.41, 5.74) is 0.703. The largest absolute Gasteiger partial charge is 0.472 e. The van der Waals surface area contributed by atoms with Crippen molar-refractivity contribution in [2.45, 2.75) is 12.8 Å². The Labute approximate surface area is 77.1 Å². The van der Waals surface area contributed by atoms with Gasteiger partial charge in [0.1, 0.15) is 6.26 Å². The highest BCUT2D eigenvalue weighted by Crippen LogP contribution is 2.16. The summed E-state index contributed by atoms with van der Waals surface area (Å²) < 4.78 is 4.89. The molecule has 1 fully saturated rings. The van der Waals surface area contributed by atoms with Crippen LogP contribution in [0.15, 0.2) is 23.0 Å². The predicted molar refractivity (Wildman–Crippen MR) is 48.6 cm³/mol. The van der Waals surface area contributed by atoms with Gasteiger partial charge < -0.3 is 9.73 Å². The molecule has 1 aromatic rings. The summed E-state index contributed by atoms with van der Waals surface area (Å²) >= 11 is 0. The lowest BCUT2D eigenvalue weighted by Crippen LogP contribution is -2.34. The van der Waals surface area contributed by atoms with E-state index in [-0.39, 0.29) is 11.7 Å². The molecule has 3 heteroatoms. The number of piperidine rings is 1. The molecule has 70 valence electrons. The average molecular weight is 179 g/mol. The number of Topliss-reactive ketones (excluding diaryl/α,β-unsaturated/α-hetero) is 1. The molecule has 1 saturated heterocycles. The first-order chi connectivity index (χ1) is 6.38.